The van der Waals surface area contributed by atoms with Crippen molar-refractivity contribution in [3.8, 4) is 0 Å². The van der Waals surface area contributed by atoms with Crippen LogP contribution in [0.25, 0.3) is 0 Å². The van der Waals surface area contributed by atoms with Crippen LogP contribution in [0, 0.1) is 0 Å². The van der Waals surface area contributed by atoms with Gasteiger partial charge in [0, 0.05) is 19.0 Å². The van der Waals surface area contributed by atoms with Gasteiger partial charge in [-0.05, 0) is 12.1 Å². The molecule has 2 amide bonds. The van der Waals surface area contributed by atoms with E-state index in [1.165, 1.54) is 0 Å². The number of carbonyl (C=O) groups is 3. The van der Waals surface area contributed by atoms with Crippen LogP contribution in [-0.4, -0.2) is 34.2 Å². The standard InChI is InChI=1S/C12H12N2O4/c15-10-4-5-11(16)14(10)7-12(17)18-8-9-3-1-2-6-13-9/h1-3,6H,4-5,7-8H2. The summed E-state index contributed by atoms with van der Waals surface area (Å²) in [5, 5.41) is 0. The molecule has 0 radical (unpaired) electrons. The van der Waals surface area contributed by atoms with E-state index in [2.05, 4.69) is 4.98 Å². The quantitative estimate of drug-likeness (QED) is 0.564. The van der Waals surface area contributed by atoms with Crippen molar-refractivity contribution in [3.63, 3.8) is 0 Å². The SMILES string of the molecule is O=C(CN1C(=O)CCC1=O)OCc1ccccn1. The zero-order valence-electron chi connectivity index (χ0n) is 9.67. The molecule has 1 aromatic rings. The van der Waals surface area contributed by atoms with Crippen molar-refractivity contribution in [2.24, 2.45) is 0 Å². The minimum Gasteiger partial charge on any atom is -0.458 e. The van der Waals surface area contributed by atoms with Gasteiger partial charge in [0.1, 0.15) is 13.2 Å². The van der Waals surface area contributed by atoms with Crippen LogP contribution in [-0.2, 0) is 25.7 Å². The van der Waals surface area contributed by atoms with Crippen molar-refractivity contribution in [2.45, 2.75) is 19.4 Å². The van der Waals surface area contributed by atoms with E-state index in [1.54, 1.807) is 24.4 Å². The third-order valence-corrected chi connectivity index (χ3v) is 2.55. The first-order chi connectivity index (χ1) is 8.66. The zero-order chi connectivity index (χ0) is 13.0. The first-order valence-corrected chi connectivity index (χ1v) is 5.55. The molecular weight excluding hydrogens is 236 g/mol. The topological polar surface area (TPSA) is 76.6 Å². The summed E-state index contributed by atoms with van der Waals surface area (Å²) < 4.78 is 4.94. The molecule has 0 aromatic carbocycles. The van der Waals surface area contributed by atoms with E-state index in [1.807, 2.05) is 0 Å². The van der Waals surface area contributed by atoms with Gasteiger partial charge < -0.3 is 4.74 Å². The molecule has 1 aliphatic heterocycles. The first-order valence-electron chi connectivity index (χ1n) is 5.55. The number of hydrogen-bond donors (Lipinski definition) is 0. The summed E-state index contributed by atoms with van der Waals surface area (Å²) in [5.74, 6) is -1.26. The molecule has 0 saturated carbocycles. The number of amides is 2. The number of aromatic nitrogens is 1. The van der Waals surface area contributed by atoms with Crippen molar-refractivity contribution >= 4 is 17.8 Å². The minimum absolute atomic E-state index is 0.0376. The number of likely N-dealkylation sites (tertiary alicyclic amines) is 1. The van der Waals surface area contributed by atoms with Gasteiger partial charge >= 0.3 is 5.97 Å². The number of imide groups is 1. The molecule has 0 unspecified atom stereocenters. The molecule has 18 heavy (non-hydrogen) atoms. The van der Waals surface area contributed by atoms with Gasteiger partial charge in [0.05, 0.1) is 5.69 Å². The Balaban J connectivity index is 1.82. The minimum atomic E-state index is -0.607. The summed E-state index contributed by atoms with van der Waals surface area (Å²) in [6.45, 7) is -0.277. The summed E-state index contributed by atoms with van der Waals surface area (Å²) in [5.41, 5.74) is 0.616. The van der Waals surface area contributed by atoms with Gasteiger partial charge in [-0.25, -0.2) is 0 Å². The van der Waals surface area contributed by atoms with Crippen LogP contribution in [0.2, 0.25) is 0 Å². The zero-order valence-corrected chi connectivity index (χ0v) is 9.67. The van der Waals surface area contributed by atoms with E-state index in [4.69, 9.17) is 4.74 Å². The normalized spacial score (nSPS) is 15.0. The second-order valence-electron chi connectivity index (χ2n) is 3.86. The Hall–Kier alpha value is -2.24. The lowest BCUT2D eigenvalue weighted by atomic mass is 10.4. The number of carbonyl (C=O) groups excluding carboxylic acids is 3. The van der Waals surface area contributed by atoms with E-state index < -0.39 is 5.97 Å². The molecule has 0 bridgehead atoms. The second kappa shape index (κ2) is 5.39. The van der Waals surface area contributed by atoms with Crippen LogP contribution < -0.4 is 0 Å². The van der Waals surface area contributed by atoms with Crippen molar-refractivity contribution in [2.75, 3.05) is 6.54 Å². The number of pyridine rings is 1. The Kier molecular flexibility index (Phi) is 3.66. The molecule has 0 spiro atoms. The highest BCUT2D eigenvalue weighted by Gasteiger charge is 2.30. The monoisotopic (exact) mass is 248 g/mol. The fraction of sp³-hybridized carbons (Fsp3) is 0.333. The molecule has 0 atom stereocenters. The summed E-state index contributed by atoms with van der Waals surface area (Å²) >= 11 is 0. The van der Waals surface area contributed by atoms with E-state index in [9.17, 15) is 14.4 Å². The van der Waals surface area contributed by atoms with Crippen LogP contribution in [0.5, 0.6) is 0 Å². The largest absolute Gasteiger partial charge is 0.458 e. The average molecular weight is 248 g/mol. The predicted molar refractivity (Wildman–Crippen MR) is 60.0 cm³/mol. The Morgan fingerprint density at radius 1 is 1.28 bits per heavy atom. The van der Waals surface area contributed by atoms with Gasteiger partial charge in [-0.1, -0.05) is 6.07 Å². The Bertz CT molecular complexity index is 456. The van der Waals surface area contributed by atoms with Crippen molar-refractivity contribution < 1.29 is 19.1 Å². The van der Waals surface area contributed by atoms with Gasteiger partial charge in [-0.15, -0.1) is 0 Å². The first kappa shape index (κ1) is 12.2. The van der Waals surface area contributed by atoms with E-state index in [0.29, 0.717) is 5.69 Å². The second-order valence-corrected chi connectivity index (χ2v) is 3.86. The average Bonchev–Trinajstić information content (AvgIpc) is 2.69. The molecule has 1 aromatic heterocycles. The van der Waals surface area contributed by atoms with E-state index >= 15 is 0 Å². The highest BCUT2D eigenvalue weighted by Crippen LogP contribution is 2.11. The number of esters is 1. The third-order valence-electron chi connectivity index (χ3n) is 2.55. The van der Waals surface area contributed by atoms with Gasteiger partial charge in [0.2, 0.25) is 11.8 Å². The molecule has 1 saturated heterocycles. The van der Waals surface area contributed by atoms with Crippen molar-refractivity contribution in [1.29, 1.82) is 0 Å². The van der Waals surface area contributed by atoms with Crippen LogP contribution in [0.4, 0.5) is 0 Å². The van der Waals surface area contributed by atoms with E-state index in [-0.39, 0.29) is 37.8 Å². The molecule has 0 N–H and O–H groups in total. The maximum absolute atomic E-state index is 11.5. The highest BCUT2D eigenvalue weighted by atomic mass is 16.5. The Morgan fingerprint density at radius 2 is 2.00 bits per heavy atom. The lowest BCUT2D eigenvalue weighted by Gasteiger charge is -2.12. The summed E-state index contributed by atoms with van der Waals surface area (Å²) in [7, 11) is 0. The number of ether oxygens (including phenoxy) is 1. The lowest BCUT2D eigenvalue weighted by Crippen LogP contribution is -2.35. The smallest absolute Gasteiger partial charge is 0.326 e. The summed E-state index contributed by atoms with van der Waals surface area (Å²) in [6, 6.07) is 5.26. The lowest BCUT2D eigenvalue weighted by molar-refractivity contribution is -0.153. The van der Waals surface area contributed by atoms with E-state index in [0.717, 1.165) is 4.90 Å². The maximum atomic E-state index is 11.5. The van der Waals surface area contributed by atoms with Crippen LogP contribution >= 0.6 is 0 Å². The van der Waals surface area contributed by atoms with Crippen LogP contribution in [0.3, 0.4) is 0 Å². The van der Waals surface area contributed by atoms with Crippen molar-refractivity contribution in [3.05, 3.63) is 30.1 Å². The molecule has 2 heterocycles. The molecule has 6 nitrogen and oxygen atoms in total. The Labute approximate surface area is 104 Å². The summed E-state index contributed by atoms with van der Waals surface area (Å²) in [6.07, 6.45) is 1.94. The van der Waals surface area contributed by atoms with Crippen LogP contribution in [0.1, 0.15) is 18.5 Å². The fourth-order valence-electron chi connectivity index (χ4n) is 1.61. The molecule has 6 heteroatoms. The predicted octanol–water partition coefficient (Wildman–Crippen LogP) is 0.274. The fourth-order valence-corrected chi connectivity index (χ4v) is 1.61. The number of nitrogens with zero attached hydrogens (tertiary/aromatic N) is 2. The van der Waals surface area contributed by atoms with Crippen LogP contribution in [0.15, 0.2) is 24.4 Å². The summed E-state index contributed by atoms with van der Waals surface area (Å²) in [4.78, 5) is 38.9. The van der Waals surface area contributed by atoms with Gasteiger partial charge in [-0.3, -0.25) is 24.3 Å². The third kappa shape index (κ3) is 2.91. The van der Waals surface area contributed by atoms with Crippen molar-refractivity contribution in [1.82, 2.24) is 9.88 Å². The maximum Gasteiger partial charge on any atom is 0.326 e. The number of hydrogen-bond acceptors (Lipinski definition) is 5. The number of rotatable bonds is 4. The van der Waals surface area contributed by atoms with Gasteiger partial charge in [0.25, 0.3) is 0 Å². The molecular formula is C12H12N2O4. The van der Waals surface area contributed by atoms with Gasteiger partial charge in [-0.2, -0.15) is 0 Å². The molecule has 94 valence electrons. The molecule has 0 aliphatic carbocycles. The Morgan fingerprint density at radius 3 is 2.61 bits per heavy atom. The molecule has 2 rings (SSSR count). The molecule has 1 aliphatic rings. The highest BCUT2D eigenvalue weighted by molar-refractivity contribution is 6.04. The molecule has 1 fully saturated rings. The van der Waals surface area contributed by atoms with Gasteiger partial charge in [0.15, 0.2) is 0 Å².